The number of carbonyl (C=O) groups is 2. The molecule has 0 aliphatic carbocycles. The van der Waals surface area contributed by atoms with E-state index in [2.05, 4.69) is 0 Å². The van der Waals surface area contributed by atoms with E-state index in [0.29, 0.717) is 17.5 Å². The van der Waals surface area contributed by atoms with E-state index >= 15 is 0 Å². The number of phenols is 4. The summed E-state index contributed by atoms with van der Waals surface area (Å²) in [5, 5.41) is 37.9. The largest absolute Gasteiger partial charge is 0.504 e. The first kappa shape index (κ1) is 20.9. The number of aromatic hydroxyl groups is 4. The molecule has 0 aromatic heterocycles. The first-order valence-electron chi connectivity index (χ1n) is 8.58. The van der Waals surface area contributed by atoms with Crippen molar-refractivity contribution in [3.05, 3.63) is 47.5 Å². The molecule has 150 valence electrons. The van der Waals surface area contributed by atoms with Crippen molar-refractivity contribution < 1.29 is 34.8 Å². The molecule has 8 nitrogen and oxygen atoms in total. The highest BCUT2D eigenvalue weighted by atomic mass is 16.5. The lowest BCUT2D eigenvalue weighted by atomic mass is 10.0. The van der Waals surface area contributed by atoms with Gasteiger partial charge in [0.2, 0.25) is 5.91 Å². The Morgan fingerprint density at radius 1 is 0.929 bits per heavy atom. The van der Waals surface area contributed by atoms with Gasteiger partial charge in [-0.25, -0.2) is 4.79 Å². The van der Waals surface area contributed by atoms with Crippen LogP contribution in [0.1, 0.15) is 17.5 Å². The molecule has 0 spiro atoms. The number of hydrogen-bond acceptors (Lipinski definition) is 7. The summed E-state index contributed by atoms with van der Waals surface area (Å²) in [6.45, 7) is 0. The summed E-state index contributed by atoms with van der Waals surface area (Å²) in [6.07, 6.45) is 0.489. The van der Waals surface area contributed by atoms with Crippen LogP contribution in [0.4, 0.5) is 0 Å². The number of phenolic OH excluding ortho intramolecular Hbond substituents is 4. The standard InChI is InChI=1S/C20H23NO7/c1-21(19(26)8-5-12-3-6-15(22)17(24)10-12)14(20(27)28-2)9-13-4-7-16(23)18(25)11-13/h3-4,6-7,10-11,14,22-25H,5,8-9H2,1-2H3. The van der Waals surface area contributed by atoms with E-state index in [0.717, 1.165) is 0 Å². The fourth-order valence-corrected chi connectivity index (χ4v) is 2.76. The van der Waals surface area contributed by atoms with Gasteiger partial charge >= 0.3 is 5.97 Å². The summed E-state index contributed by atoms with van der Waals surface area (Å²) in [5.74, 6) is -2.02. The molecular formula is C20H23NO7. The average Bonchev–Trinajstić information content (AvgIpc) is 2.68. The predicted octanol–water partition coefficient (Wildman–Crippen LogP) is 1.68. The van der Waals surface area contributed by atoms with E-state index in [1.165, 1.54) is 43.3 Å². The van der Waals surface area contributed by atoms with Crippen molar-refractivity contribution in [2.45, 2.75) is 25.3 Å². The van der Waals surface area contributed by atoms with Crippen LogP contribution >= 0.6 is 0 Å². The molecule has 0 bridgehead atoms. The van der Waals surface area contributed by atoms with Gasteiger partial charge in [-0.1, -0.05) is 12.1 Å². The maximum Gasteiger partial charge on any atom is 0.328 e. The van der Waals surface area contributed by atoms with Gasteiger partial charge in [-0.3, -0.25) is 4.79 Å². The number of esters is 1. The normalized spacial score (nSPS) is 11.6. The Labute approximate surface area is 162 Å². The first-order valence-corrected chi connectivity index (χ1v) is 8.58. The molecule has 0 heterocycles. The Balaban J connectivity index is 2.09. The highest BCUT2D eigenvalue weighted by Crippen LogP contribution is 2.27. The smallest absolute Gasteiger partial charge is 0.328 e. The molecule has 1 amide bonds. The van der Waals surface area contributed by atoms with E-state index in [-0.39, 0.29) is 41.7 Å². The van der Waals surface area contributed by atoms with Crippen molar-refractivity contribution in [1.29, 1.82) is 0 Å². The number of nitrogens with zero attached hydrogens (tertiary/aromatic N) is 1. The molecule has 2 rings (SSSR count). The Hall–Kier alpha value is -3.42. The molecule has 0 fully saturated rings. The second-order valence-corrected chi connectivity index (χ2v) is 6.39. The van der Waals surface area contributed by atoms with Crippen molar-refractivity contribution in [1.82, 2.24) is 4.90 Å². The lowest BCUT2D eigenvalue weighted by Gasteiger charge is -2.26. The Morgan fingerprint density at radius 3 is 2.00 bits per heavy atom. The number of ether oxygens (including phenoxy) is 1. The lowest BCUT2D eigenvalue weighted by Crippen LogP contribution is -2.44. The Morgan fingerprint density at radius 2 is 1.46 bits per heavy atom. The minimum atomic E-state index is -0.908. The van der Waals surface area contributed by atoms with Crippen LogP contribution in [0.25, 0.3) is 0 Å². The zero-order valence-corrected chi connectivity index (χ0v) is 15.6. The fraction of sp³-hybridized carbons (Fsp3) is 0.300. The third kappa shape index (κ3) is 5.06. The molecule has 8 heteroatoms. The Bertz CT molecular complexity index is 866. The van der Waals surface area contributed by atoms with E-state index in [1.807, 2.05) is 0 Å². The number of methoxy groups -OCH3 is 1. The average molecular weight is 389 g/mol. The lowest BCUT2D eigenvalue weighted by molar-refractivity contribution is -0.151. The molecule has 0 saturated carbocycles. The van der Waals surface area contributed by atoms with Crippen LogP contribution < -0.4 is 0 Å². The molecular weight excluding hydrogens is 366 g/mol. The van der Waals surface area contributed by atoms with Gasteiger partial charge in [0.1, 0.15) is 6.04 Å². The fourth-order valence-electron chi connectivity index (χ4n) is 2.76. The van der Waals surface area contributed by atoms with E-state index in [4.69, 9.17) is 4.74 Å². The van der Waals surface area contributed by atoms with Crippen LogP contribution in [-0.4, -0.2) is 57.4 Å². The summed E-state index contributed by atoms with van der Waals surface area (Å²) in [4.78, 5) is 26.0. The molecule has 1 atom stereocenters. The van der Waals surface area contributed by atoms with E-state index < -0.39 is 12.0 Å². The highest BCUT2D eigenvalue weighted by molar-refractivity contribution is 5.84. The number of rotatable bonds is 7. The zero-order valence-electron chi connectivity index (χ0n) is 15.6. The minimum Gasteiger partial charge on any atom is -0.504 e. The number of hydrogen-bond donors (Lipinski definition) is 4. The third-order valence-corrected chi connectivity index (χ3v) is 4.47. The van der Waals surface area contributed by atoms with Gasteiger partial charge in [0.25, 0.3) is 0 Å². The van der Waals surface area contributed by atoms with Gasteiger partial charge in [0, 0.05) is 19.9 Å². The van der Waals surface area contributed by atoms with Crippen molar-refractivity contribution in [2.75, 3.05) is 14.2 Å². The van der Waals surface area contributed by atoms with Crippen LogP contribution in [0.2, 0.25) is 0 Å². The zero-order chi connectivity index (χ0) is 20.8. The predicted molar refractivity (Wildman–Crippen MR) is 100 cm³/mol. The van der Waals surface area contributed by atoms with Crippen LogP contribution in [0.15, 0.2) is 36.4 Å². The van der Waals surface area contributed by atoms with Crippen molar-refractivity contribution in [3.8, 4) is 23.0 Å². The van der Waals surface area contributed by atoms with Gasteiger partial charge < -0.3 is 30.1 Å². The number of benzene rings is 2. The number of likely N-dealkylation sites (N-methyl/N-ethyl adjacent to an activating group) is 1. The molecule has 0 aliphatic rings. The molecule has 0 radical (unpaired) electrons. The van der Waals surface area contributed by atoms with Gasteiger partial charge in [-0.2, -0.15) is 0 Å². The molecule has 1 unspecified atom stereocenters. The maximum atomic E-state index is 12.6. The van der Waals surface area contributed by atoms with Crippen LogP contribution in [0, 0.1) is 0 Å². The van der Waals surface area contributed by atoms with Gasteiger partial charge in [-0.05, 0) is 41.8 Å². The van der Waals surface area contributed by atoms with E-state index in [1.54, 1.807) is 12.1 Å². The second kappa shape index (κ2) is 8.98. The molecule has 2 aromatic carbocycles. The van der Waals surface area contributed by atoms with Gasteiger partial charge in [0.05, 0.1) is 7.11 Å². The minimum absolute atomic E-state index is 0.0784. The van der Waals surface area contributed by atoms with Crippen molar-refractivity contribution >= 4 is 11.9 Å². The third-order valence-electron chi connectivity index (χ3n) is 4.47. The molecule has 2 aromatic rings. The summed E-state index contributed by atoms with van der Waals surface area (Å²) < 4.78 is 4.80. The van der Waals surface area contributed by atoms with E-state index in [9.17, 15) is 30.0 Å². The quantitative estimate of drug-likeness (QED) is 0.419. The van der Waals surface area contributed by atoms with Crippen LogP contribution in [-0.2, 0) is 27.2 Å². The molecule has 4 N–H and O–H groups in total. The van der Waals surface area contributed by atoms with Crippen molar-refractivity contribution in [3.63, 3.8) is 0 Å². The first-order chi connectivity index (χ1) is 13.2. The van der Waals surface area contributed by atoms with Gasteiger partial charge in [-0.15, -0.1) is 0 Å². The van der Waals surface area contributed by atoms with Crippen LogP contribution in [0.5, 0.6) is 23.0 Å². The van der Waals surface area contributed by atoms with Crippen LogP contribution in [0.3, 0.4) is 0 Å². The Kier molecular flexibility index (Phi) is 6.70. The number of aryl methyl sites for hydroxylation is 1. The summed E-state index contributed by atoms with van der Waals surface area (Å²) >= 11 is 0. The number of carbonyl (C=O) groups excluding carboxylic acids is 2. The van der Waals surface area contributed by atoms with Crippen molar-refractivity contribution in [2.24, 2.45) is 0 Å². The molecule has 0 aliphatic heterocycles. The molecule has 0 saturated heterocycles. The maximum absolute atomic E-state index is 12.6. The summed E-state index contributed by atoms with van der Waals surface area (Å²) in [6, 6.07) is 7.57. The highest BCUT2D eigenvalue weighted by Gasteiger charge is 2.28. The molecule has 28 heavy (non-hydrogen) atoms. The summed E-state index contributed by atoms with van der Waals surface area (Å²) in [7, 11) is 2.71. The number of amides is 1. The summed E-state index contributed by atoms with van der Waals surface area (Å²) in [5.41, 5.74) is 1.21. The second-order valence-electron chi connectivity index (χ2n) is 6.39. The topological polar surface area (TPSA) is 128 Å². The SMILES string of the molecule is COC(=O)C(Cc1ccc(O)c(O)c1)N(C)C(=O)CCc1ccc(O)c(O)c1. The van der Waals surface area contributed by atoms with Gasteiger partial charge in [0.15, 0.2) is 23.0 Å². The monoisotopic (exact) mass is 389 g/mol.